The lowest BCUT2D eigenvalue weighted by Gasteiger charge is -2.02. The zero-order chi connectivity index (χ0) is 17.6. The van der Waals surface area contributed by atoms with Gasteiger partial charge in [0, 0.05) is 29.7 Å². The predicted molar refractivity (Wildman–Crippen MR) is 104 cm³/mol. The van der Waals surface area contributed by atoms with E-state index in [2.05, 4.69) is 15.6 Å². The molecule has 0 fully saturated rings. The molecule has 5 nitrogen and oxygen atoms in total. The van der Waals surface area contributed by atoms with Crippen LogP contribution in [-0.2, 0) is 9.59 Å². The maximum absolute atomic E-state index is 12.1. The monoisotopic (exact) mass is 371 g/mol. The van der Waals surface area contributed by atoms with Crippen molar-refractivity contribution in [3.63, 3.8) is 0 Å². The lowest BCUT2D eigenvalue weighted by Crippen LogP contribution is -2.11. The van der Waals surface area contributed by atoms with Gasteiger partial charge in [-0.05, 0) is 30.3 Å². The molecule has 0 aliphatic heterocycles. The minimum absolute atomic E-state index is 0.0513. The molecule has 2 aromatic carbocycles. The molecule has 3 rings (SSSR count). The second-order valence-corrected chi connectivity index (χ2v) is 7.54. The molecule has 1 aromatic heterocycles. The molecule has 0 atom stereocenters. The highest BCUT2D eigenvalue weighted by Gasteiger charge is 2.09. The van der Waals surface area contributed by atoms with Crippen LogP contribution in [0.25, 0.3) is 10.2 Å². The van der Waals surface area contributed by atoms with E-state index in [4.69, 9.17) is 0 Å². The van der Waals surface area contributed by atoms with Crippen LogP contribution in [0.5, 0.6) is 0 Å². The lowest BCUT2D eigenvalue weighted by molar-refractivity contribution is -0.116. The zero-order valence-corrected chi connectivity index (χ0v) is 15.2. The first-order valence-electron chi connectivity index (χ1n) is 7.76. The topological polar surface area (TPSA) is 71.1 Å². The maximum atomic E-state index is 12.1. The van der Waals surface area contributed by atoms with Crippen LogP contribution in [0, 0.1) is 0 Å². The van der Waals surface area contributed by atoms with E-state index in [1.54, 1.807) is 17.8 Å². The van der Waals surface area contributed by atoms with E-state index in [1.165, 1.54) is 18.3 Å². The Labute approximate surface area is 153 Å². The summed E-state index contributed by atoms with van der Waals surface area (Å²) in [6.07, 6.45) is 0.423. The van der Waals surface area contributed by atoms with Gasteiger partial charge in [-0.25, -0.2) is 4.98 Å². The van der Waals surface area contributed by atoms with Crippen LogP contribution in [0.4, 0.5) is 10.8 Å². The summed E-state index contributed by atoms with van der Waals surface area (Å²) in [6, 6.07) is 15.5. The molecule has 0 saturated carbocycles. The fraction of sp³-hybridized carbons (Fsp3) is 0.167. The number of amides is 2. The van der Waals surface area contributed by atoms with E-state index < -0.39 is 0 Å². The van der Waals surface area contributed by atoms with Crippen LogP contribution in [0.3, 0.4) is 0 Å². The number of aromatic nitrogens is 1. The standard InChI is InChI=1S/C18H17N3O2S2/c1-12(22)19-13-7-8-15-16(11-13)25-18(20-15)21-17(23)9-10-24-14-5-3-2-4-6-14/h2-8,11H,9-10H2,1H3,(H,19,22)(H,20,21,23). The van der Waals surface area contributed by atoms with Crippen LogP contribution < -0.4 is 10.6 Å². The Morgan fingerprint density at radius 2 is 1.92 bits per heavy atom. The Morgan fingerprint density at radius 3 is 2.68 bits per heavy atom. The van der Waals surface area contributed by atoms with Gasteiger partial charge in [0.1, 0.15) is 0 Å². The second-order valence-electron chi connectivity index (χ2n) is 5.34. The van der Waals surface area contributed by atoms with Gasteiger partial charge in [0.05, 0.1) is 10.2 Å². The molecule has 2 N–H and O–H groups in total. The van der Waals surface area contributed by atoms with E-state index in [0.29, 0.717) is 17.3 Å². The van der Waals surface area contributed by atoms with Gasteiger partial charge in [0.25, 0.3) is 0 Å². The summed E-state index contributed by atoms with van der Waals surface area (Å²) < 4.78 is 0.917. The molecule has 1 heterocycles. The Hall–Kier alpha value is -2.38. The normalized spacial score (nSPS) is 10.6. The van der Waals surface area contributed by atoms with Crippen molar-refractivity contribution in [1.29, 1.82) is 0 Å². The molecule has 0 unspecified atom stereocenters. The first kappa shape index (κ1) is 17.4. The zero-order valence-electron chi connectivity index (χ0n) is 13.6. The Morgan fingerprint density at radius 1 is 1.12 bits per heavy atom. The van der Waals surface area contributed by atoms with Crippen LogP contribution in [0.1, 0.15) is 13.3 Å². The average molecular weight is 371 g/mol. The lowest BCUT2D eigenvalue weighted by atomic mass is 10.3. The van der Waals surface area contributed by atoms with Crippen molar-refractivity contribution in [2.45, 2.75) is 18.2 Å². The van der Waals surface area contributed by atoms with Crippen molar-refractivity contribution < 1.29 is 9.59 Å². The van der Waals surface area contributed by atoms with Crippen molar-refractivity contribution in [1.82, 2.24) is 4.98 Å². The SMILES string of the molecule is CC(=O)Nc1ccc2nc(NC(=O)CCSc3ccccc3)sc2c1. The number of anilines is 2. The minimum Gasteiger partial charge on any atom is -0.326 e. The van der Waals surface area contributed by atoms with Gasteiger partial charge in [0.15, 0.2) is 5.13 Å². The quantitative estimate of drug-likeness (QED) is 0.631. The second kappa shape index (κ2) is 8.13. The molecule has 0 saturated heterocycles. The minimum atomic E-state index is -0.117. The summed E-state index contributed by atoms with van der Waals surface area (Å²) in [4.78, 5) is 28.8. The van der Waals surface area contributed by atoms with Crippen LogP contribution in [0.15, 0.2) is 53.4 Å². The Bertz CT molecular complexity index is 894. The highest BCUT2D eigenvalue weighted by molar-refractivity contribution is 7.99. The molecule has 128 valence electrons. The number of thiazole rings is 1. The van der Waals surface area contributed by atoms with Crippen molar-refractivity contribution in [3.05, 3.63) is 48.5 Å². The number of hydrogen-bond acceptors (Lipinski definition) is 5. The number of hydrogen-bond donors (Lipinski definition) is 2. The molecule has 25 heavy (non-hydrogen) atoms. The Kier molecular flexibility index (Phi) is 5.67. The number of nitrogens with one attached hydrogen (secondary N) is 2. The molecular formula is C18H17N3O2S2. The van der Waals surface area contributed by atoms with Crippen molar-refractivity contribution in [3.8, 4) is 0 Å². The van der Waals surface area contributed by atoms with E-state index in [1.807, 2.05) is 42.5 Å². The molecule has 0 aliphatic carbocycles. The summed E-state index contributed by atoms with van der Waals surface area (Å²) >= 11 is 3.05. The van der Waals surface area contributed by atoms with Gasteiger partial charge in [-0.1, -0.05) is 29.5 Å². The van der Waals surface area contributed by atoms with Gasteiger partial charge in [-0.2, -0.15) is 0 Å². The fourth-order valence-electron chi connectivity index (χ4n) is 2.22. The molecule has 0 bridgehead atoms. The summed E-state index contributed by atoms with van der Waals surface area (Å²) in [7, 11) is 0. The van der Waals surface area contributed by atoms with Crippen LogP contribution in [0.2, 0.25) is 0 Å². The molecule has 3 aromatic rings. The van der Waals surface area contributed by atoms with E-state index >= 15 is 0 Å². The molecule has 0 aliphatic rings. The van der Waals surface area contributed by atoms with E-state index in [9.17, 15) is 9.59 Å². The molecule has 7 heteroatoms. The van der Waals surface area contributed by atoms with Gasteiger partial charge in [-0.3, -0.25) is 9.59 Å². The maximum Gasteiger partial charge on any atom is 0.226 e. The number of thioether (sulfide) groups is 1. The van der Waals surface area contributed by atoms with Crippen molar-refractivity contribution in [2.75, 3.05) is 16.4 Å². The van der Waals surface area contributed by atoms with E-state index in [-0.39, 0.29) is 11.8 Å². The summed E-state index contributed by atoms with van der Waals surface area (Å²) in [5.41, 5.74) is 1.52. The number of carbonyl (C=O) groups is 2. The summed E-state index contributed by atoms with van der Waals surface area (Å²) in [5.74, 6) is 0.547. The molecule has 0 radical (unpaired) electrons. The predicted octanol–water partition coefficient (Wildman–Crippen LogP) is 4.38. The number of nitrogens with zero attached hydrogens (tertiary/aromatic N) is 1. The third-order valence-corrected chi connectivity index (χ3v) is 5.24. The number of fused-ring (bicyclic) bond motifs is 1. The Balaban J connectivity index is 1.56. The third-order valence-electron chi connectivity index (χ3n) is 3.30. The molecular weight excluding hydrogens is 354 g/mol. The van der Waals surface area contributed by atoms with Crippen molar-refractivity contribution >= 4 is 55.9 Å². The number of benzene rings is 2. The molecule has 0 spiro atoms. The van der Waals surface area contributed by atoms with Crippen LogP contribution >= 0.6 is 23.1 Å². The fourth-order valence-corrected chi connectivity index (χ4v) is 4.01. The smallest absolute Gasteiger partial charge is 0.226 e. The first-order valence-corrected chi connectivity index (χ1v) is 9.56. The number of carbonyl (C=O) groups excluding carboxylic acids is 2. The molecule has 2 amide bonds. The van der Waals surface area contributed by atoms with Gasteiger partial charge < -0.3 is 10.6 Å². The number of rotatable bonds is 6. The first-order chi connectivity index (χ1) is 12.1. The van der Waals surface area contributed by atoms with E-state index in [0.717, 1.165) is 20.8 Å². The highest BCUT2D eigenvalue weighted by atomic mass is 32.2. The largest absolute Gasteiger partial charge is 0.326 e. The van der Waals surface area contributed by atoms with Gasteiger partial charge >= 0.3 is 0 Å². The summed E-state index contributed by atoms with van der Waals surface area (Å²) in [5, 5.41) is 6.16. The van der Waals surface area contributed by atoms with Gasteiger partial charge in [-0.15, -0.1) is 11.8 Å². The van der Waals surface area contributed by atoms with Crippen LogP contribution in [-0.4, -0.2) is 22.6 Å². The van der Waals surface area contributed by atoms with Crippen molar-refractivity contribution in [2.24, 2.45) is 0 Å². The van der Waals surface area contributed by atoms with Gasteiger partial charge in [0.2, 0.25) is 11.8 Å². The third kappa shape index (κ3) is 5.04. The summed E-state index contributed by atoms with van der Waals surface area (Å²) in [6.45, 7) is 1.47. The average Bonchev–Trinajstić information content (AvgIpc) is 2.96. The highest BCUT2D eigenvalue weighted by Crippen LogP contribution is 2.28.